The van der Waals surface area contributed by atoms with Gasteiger partial charge in [0.1, 0.15) is 23.1 Å². The van der Waals surface area contributed by atoms with Crippen LogP contribution in [0.4, 0.5) is 14.4 Å². The largest absolute Gasteiger partial charge is 0.519 e. The Morgan fingerprint density at radius 3 is 1.35 bits per heavy atom. The number of aldehydes is 1. The fourth-order valence-corrected chi connectivity index (χ4v) is 8.90. The lowest BCUT2D eigenvalue weighted by Crippen LogP contribution is -2.33. The van der Waals surface area contributed by atoms with Gasteiger partial charge in [0.05, 0.1) is 39.6 Å². The van der Waals surface area contributed by atoms with Gasteiger partial charge in [0, 0.05) is 61.7 Å². The lowest BCUT2D eigenvalue weighted by atomic mass is 10.0. The Morgan fingerprint density at radius 1 is 0.580 bits per heavy atom. The van der Waals surface area contributed by atoms with Crippen LogP contribution in [0.3, 0.4) is 0 Å². The average molecular weight is 961 g/mol. The molecule has 378 valence electrons. The zero-order chi connectivity index (χ0) is 50.3. The van der Waals surface area contributed by atoms with Crippen LogP contribution in [0.1, 0.15) is 136 Å². The van der Waals surface area contributed by atoms with E-state index in [1.807, 2.05) is 46.0 Å². The SMILES string of the molecule is CC(C)(C)OC(=O)OC(=O)OC(C)(C)C.CN(Cc1ccc2c(c1)C1(CC2)OCCO1)C(=O)OC(C)(C)C.CNCc1ccc2c(c1)C1(CC2)OCCO1.O=Cc1ccc2c(c1)C1(CC2)OCCO1. The maximum Gasteiger partial charge on any atom is 0.519 e. The standard InChI is InChI=1S/C18H25NO4.C13H17NO2.C12H12O3.C10H18O5/c1-17(2,3)23-16(20)19(4)12-13-5-6-14-7-8-18(15(14)11-13)21-9-10-22-18;1-14-9-10-2-3-11-4-5-13(12(11)8-10)15-6-7-16-13;13-8-9-1-2-10-3-4-12(11(10)7-9)14-5-6-15-12;1-9(2,3)14-7(11)13-8(12)15-10(4,5)6/h5-6,11H,7-10,12H2,1-4H3;2-3,8,14H,4-7,9H2,1H3;1-2,7-8H,3-6H2;1-6H3. The number of carbonyl (C=O) groups is 4. The molecule has 16 nitrogen and oxygen atoms in total. The van der Waals surface area contributed by atoms with E-state index in [4.69, 9.17) is 42.6 Å². The van der Waals surface area contributed by atoms with Gasteiger partial charge >= 0.3 is 18.4 Å². The Morgan fingerprint density at radius 2 is 0.957 bits per heavy atom. The maximum absolute atomic E-state index is 12.1. The van der Waals surface area contributed by atoms with Crippen LogP contribution in [-0.2, 0) is 97.1 Å². The summed E-state index contributed by atoms with van der Waals surface area (Å²) in [4.78, 5) is 46.4. The van der Waals surface area contributed by atoms with Crippen molar-refractivity contribution in [3.05, 3.63) is 105 Å². The highest BCUT2D eigenvalue weighted by Crippen LogP contribution is 2.46. The van der Waals surface area contributed by atoms with Gasteiger partial charge in [0.2, 0.25) is 0 Å². The molecule has 3 saturated heterocycles. The third kappa shape index (κ3) is 14.1. The number of hydrogen-bond acceptors (Lipinski definition) is 15. The van der Waals surface area contributed by atoms with Crippen molar-refractivity contribution in [2.45, 2.75) is 148 Å². The molecule has 0 unspecified atom stereocenters. The molecule has 3 aliphatic heterocycles. The van der Waals surface area contributed by atoms with Gasteiger partial charge in [-0.15, -0.1) is 0 Å². The van der Waals surface area contributed by atoms with E-state index in [0.29, 0.717) is 38.5 Å². The van der Waals surface area contributed by atoms with Crippen LogP contribution in [0, 0.1) is 0 Å². The first-order chi connectivity index (χ1) is 32.5. The summed E-state index contributed by atoms with van der Waals surface area (Å²) in [5.41, 5.74) is 8.46. The Hall–Kier alpha value is -4.94. The van der Waals surface area contributed by atoms with Crippen molar-refractivity contribution in [2.24, 2.45) is 0 Å². The minimum absolute atomic E-state index is 0.318. The number of hydrogen-bond donors (Lipinski definition) is 1. The molecule has 3 aliphatic carbocycles. The van der Waals surface area contributed by atoms with Gasteiger partial charge in [-0.2, -0.15) is 0 Å². The maximum atomic E-state index is 12.1. The number of benzene rings is 3. The summed E-state index contributed by atoms with van der Waals surface area (Å²) in [5, 5.41) is 3.17. The van der Waals surface area contributed by atoms with Gasteiger partial charge in [-0.05, 0) is 135 Å². The highest BCUT2D eigenvalue weighted by molar-refractivity contribution is 5.77. The van der Waals surface area contributed by atoms with Crippen LogP contribution in [-0.4, -0.2) is 100 Å². The molecule has 0 saturated carbocycles. The number of rotatable bonds is 5. The second kappa shape index (κ2) is 22.0. The summed E-state index contributed by atoms with van der Waals surface area (Å²) >= 11 is 0. The van der Waals surface area contributed by atoms with Crippen LogP contribution in [0.25, 0.3) is 0 Å². The predicted molar refractivity (Wildman–Crippen MR) is 254 cm³/mol. The molecule has 69 heavy (non-hydrogen) atoms. The van der Waals surface area contributed by atoms with Crippen molar-refractivity contribution >= 4 is 24.7 Å². The topological polar surface area (TPSA) is 176 Å². The van der Waals surface area contributed by atoms with E-state index >= 15 is 0 Å². The smallest absolute Gasteiger partial charge is 0.444 e. The van der Waals surface area contributed by atoms with Crippen molar-refractivity contribution in [1.82, 2.24) is 10.2 Å². The zero-order valence-electron chi connectivity index (χ0n) is 42.3. The lowest BCUT2D eigenvalue weighted by molar-refractivity contribution is -0.163. The average Bonchev–Trinajstić information content (AvgIpc) is 4.15. The number of amides is 1. The first-order valence-corrected chi connectivity index (χ1v) is 23.9. The molecular weight excluding hydrogens is 889 g/mol. The molecule has 1 amide bonds. The summed E-state index contributed by atoms with van der Waals surface area (Å²) in [7, 11) is 3.71. The van der Waals surface area contributed by atoms with Gasteiger partial charge in [0.25, 0.3) is 0 Å². The monoisotopic (exact) mass is 960 g/mol. The van der Waals surface area contributed by atoms with Crippen molar-refractivity contribution in [1.29, 1.82) is 0 Å². The molecule has 1 N–H and O–H groups in total. The lowest BCUT2D eigenvalue weighted by Gasteiger charge is -2.26. The summed E-state index contributed by atoms with van der Waals surface area (Å²) in [6, 6.07) is 18.6. The molecule has 0 radical (unpaired) electrons. The van der Waals surface area contributed by atoms with E-state index in [2.05, 4.69) is 46.5 Å². The molecule has 3 spiro atoms. The van der Waals surface area contributed by atoms with Crippen LogP contribution < -0.4 is 5.32 Å². The summed E-state index contributed by atoms with van der Waals surface area (Å²) in [6.07, 6.45) is 4.13. The van der Waals surface area contributed by atoms with Gasteiger partial charge in [-0.25, -0.2) is 14.4 Å². The summed E-state index contributed by atoms with van der Waals surface area (Å²) in [6.45, 7) is 21.0. The van der Waals surface area contributed by atoms with E-state index in [0.717, 1.165) is 81.3 Å². The minimum Gasteiger partial charge on any atom is -0.444 e. The number of nitrogens with one attached hydrogen (secondary N) is 1. The normalized spacial score (nSPS) is 18.7. The molecule has 9 rings (SSSR count). The van der Waals surface area contributed by atoms with Crippen molar-refractivity contribution < 1.29 is 66.5 Å². The Kier molecular flexibility index (Phi) is 17.0. The first kappa shape index (κ1) is 53.4. The molecule has 16 heteroatoms. The molecule has 0 atom stereocenters. The summed E-state index contributed by atoms with van der Waals surface area (Å²) in [5.74, 6) is -1.52. The third-order valence-electron chi connectivity index (χ3n) is 11.7. The second-order valence-electron chi connectivity index (χ2n) is 20.8. The Labute approximate surface area is 406 Å². The highest BCUT2D eigenvalue weighted by atomic mass is 16.8. The van der Waals surface area contributed by atoms with Gasteiger partial charge in [0.15, 0.2) is 17.4 Å². The molecule has 3 aromatic carbocycles. The quantitative estimate of drug-likeness (QED) is 0.111. The molecule has 0 aromatic heterocycles. The first-order valence-electron chi connectivity index (χ1n) is 23.9. The Balaban J connectivity index is 0.000000154. The van der Waals surface area contributed by atoms with E-state index in [-0.39, 0.29) is 6.09 Å². The molecule has 3 aromatic rings. The van der Waals surface area contributed by atoms with E-state index in [1.165, 1.54) is 27.8 Å². The van der Waals surface area contributed by atoms with Crippen molar-refractivity contribution in [3.8, 4) is 0 Å². The summed E-state index contributed by atoms with van der Waals surface area (Å²) < 4.78 is 54.0. The third-order valence-corrected chi connectivity index (χ3v) is 11.7. The van der Waals surface area contributed by atoms with E-state index in [1.54, 1.807) is 53.5 Å². The van der Waals surface area contributed by atoms with Gasteiger partial charge in [-0.3, -0.25) is 4.79 Å². The van der Waals surface area contributed by atoms with E-state index < -0.39 is 46.5 Å². The fourth-order valence-electron chi connectivity index (χ4n) is 8.90. The number of ether oxygens (including phenoxy) is 10. The number of carbonyl (C=O) groups excluding carboxylic acids is 4. The highest BCUT2D eigenvalue weighted by Gasteiger charge is 2.46. The van der Waals surface area contributed by atoms with Crippen molar-refractivity contribution in [2.75, 3.05) is 53.7 Å². The molecule has 3 fully saturated rings. The van der Waals surface area contributed by atoms with E-state index in [9.17, 15) is 19.2 Å². The number of aryl methyl sites for hydroxylation is 3. The molecule has 0 bridgehead atoms. The zero-order valence-corrected chi connectivity index (χ0v) is 42.3. The van der Waals surface area contributed by atoms with Crippen molar-refractivity contribution in [3.63, 3.8) is 0 Å². The van der Waals surface area contributed by atoms with Crippen LogP contribution in [0.15, 0.2) is 54.6 Å². The molecular formula is C53H72N2O14. The van der Waals surface area contributed by atoms with Gasteiger partial charge < -0.3 is 57.6 Å². The van der Waals surface area contributed by atoms with Crippen LogP contribution in [0.2, 0.25) is 0 Å². The van der Waals surface area contributed by atoms with Crippen LogP contribution in [0.5, 0.6) is 0 Å². The molecule has 3 heterocycles. The minimum atomic E-state index is -1.06. The predicted octanol–water partition coefficient (Wildman–Crippen LogP) is 9.27. The fraction of sp³-hybridized carbons (Fsp3) is 0.585. The second-order valence-corrected chi connectivity index (χ2v) is 20.8. The van der Waals surface area contributed by atoms with Gasteiger partial charge in [-0.1, -0.05) is 36.4 Å². The molecule has 6 aliphatic rings. The van der Waals surface area contributed by atoms with Crippen LogP contribution >= 0.6 is 0 Å². The Bertz CT molecular complexity index is 2250. The number of fused-ring (bicyclic) bond motifs is 6. The number of nitrogens with zero attached hydrogens (tertiary/aromatic N) is 1.